The number of carbonyl (C=O) groups is 2. The van der Waals surface area contributed by atoms with Gasteiger partial charge in [-0.15, -0.1) is 0 Å². The van der Waals surface area contributed by atoms with Gasteiger partial charge in [-0.3, -0.25) is 9.59 Å². The fourth-order valence-electron chi connectivity index (χ4n) is 3.53. The van der Waals surface area contributed by atoms with Crippen molar-refractivity contribution in [2.24, 2.45) is 0 Å². The maximum absolute atomic E-state index is 13.5. The number of hydrogen-bond donors (Lipinski definition) is 1. The van der Waals surface area contributed by atoms with E-state index in [4.69, 9.17) is 4.74 Å². The van der Waals surface area contributed by atoms with Gasteiger partial charge in [0.25, 0.3) is 11.7 Å². The average Bonchev–Trinajstić information content (AvgIpc) is 2.97. The predicted molar refractivity (Wildman–Crippen MR) is 116 cm³/mol. The normalized spacial score (nSPS) is 18.3. The molecule has 1 N–H and O–H groups in total. The number of aliphatic hydroxyl groups is 1. The summed E-state index contributed by atoms with van der Waals surface area (Å²) >= 11 is 0. The zero-order chi connectivity index (χ0) is 22.7. The van der Waals surface area contributed by atoms with Gasteiger partial charge in [0.05, 0.1) is 17.7 Å². The third-order valence-electron chi connectivity index (χ3n) is 5.01. The molecular weight excluding hydrogens is 399 g/mol. The Morgan fingerprint density at radius 3 is 2.26 bits per heavy atom. The Bertz CT molecular complexity index is 982. The van der Waals surface area contributed by atoms with Crippen molar-refractivity contribution in [1.29, 1.82) is 0 Å². The molecule has 3 rings (SSSR count). The first-order valence-corrected chi connectivity index (χ1v) is 10.1. The number of aliphatic hydroxyl groups excluding tert-OH is 1. The van der Waals surface area contributed by atoms with Crippen LogP contribution in [0.25, 0.3) is 5.76 Å². The summed E-state index contributed by atoms with van der Waals surface area (Å²) in [7, 11) is 3.73. The first-order valence-electron chi connectivity index (χ1n) is 10.1. The van der Waals surface area contributed by atoms with Crippen LogP contribution >= 0.6 is 0 Å². The maximum Gasteiger partial charge on any atom is 0.295 e. The van der Waals surface area contributed by atoms with Crippen molar-refractivity contribution in [1.82, 2.24) is 9.80 Å². The number of benzene rings is 2. The summed E-state index contributed by atoms with van der Waals surface area (Å²) in [6, 6.07) is 11.5. The van der Waals surface area contributed by atoms with Gasteiger partial charge in [-0.2, -0.15) is 0 Å². The number of halogens is 1. The Morgan fingerprint density at radius 1 is 1.10 bits per heavy atom. The van der Waals surface area contributed by atoms with E-state index in [-0.39, 0.29) is 24.0 Å². The Kier molecular flexibility index (Phi) is 6.75. The lowest BCUT2D eigenvalue weighted by Crippen LogP contribution is -2.35. The molecule has 0 aromatic heterocycles. The Labute approximate surface area is 181 Å². The van der Waals surface area contributed by atoms with Crippen LogP contribution in [0.1, 0.15) is 31.0 Å². The smallest absolute Gasteiger partial charge is 0.295 e. The molecule has 164 valence electrons. The van der Waals surface area contributed by atoms with Crippen LogP contribution in [-0.2, 0) is 9.59 Å². The summed E-state index contributed by atoms with van der Waals surface area (Å²) < 4.78 is 19.1. The van der Waals surface area contributed by atoms with Crippen LogP contribution in [0.4, 0.5) is 4.39 Å². The number of Topliss-reactive ketones (excluding diaryl/α,β-unsaturated/α-hetero) is 1. The minimum Gasteiger partial charge on any atom is -0.507 e. The summed E-state index contributed by atoms with van der Waals surface area (Å²) in [5.74, 6) is -1.50. The van der Waals surface area contributed by atoms with Crippen molar-refractivity contribution in [2.45, 2.75) is 26.0 Å². The first kappa shape index (κ1) is 22.5. The number of amides is 1. The van der Waals surface area contributed by atoms with Crippen molar-refractivity contribution >= 4 is 17.4 Å². The SMILES string of the molecule is CC(C)Oc1ccc(/C(O)=C2\C(=O)C(=O)N(CCN(C)C)[C@@H]2c2ccc(F)cc2)cc1. The van der Waals surface area contributed by atoms with Crippen molar-refractivity contribution in [2.75, 3.05) is 27.2 Å². The van der Waals surface area contributed by atoms with E-state index in [1.807, 2.05) is 32.8 Å². The van der Waals surface area contributed by atoms with Crippen LogP contribution in [0.3, 0.4) is 0 Å². The molecule has 0 unspecified atom stereocenters. The Hall–Kier alpha value is -3.19. The van der Waals surface area contributed by atoms with E-state index in [1.165, 1.54) is 29.2 Å². The fraction of sp³-hybridized carbons (Fsp3) is 0.333. The maximum atomic E-state index is 13.5. The highest BCUT2D eigenvalue weighted by atomic mass is 19.1. The van der Waals surface area contributed by atoms with E-state index in [1.54, 1.807) is 24.3 Å². The van der Waals surface area contributed by atoms with Crippen molar-refractivity contribution in [3.8, 4) is 5.75 Å². The zero-order valence-electron chi connectivity index (χ0n) is 18.1. The van der Waals surface area contributed by atoms with Crippen LogP contribution in [0.15, 0.2) is 54.1 Å². The van der Waals surface area contributed by atoms with Crippen molar-refractivity contribution in [3.05, 3.63) is 71.0 Å². The van der Waals surface area contributed by atoms with E-state index in [0.29, 0.717) is 23.4 Å². The van der Waals surface area contributed by atoms with E-state index < -0.39 is 23.5 Å². The molecule has 0 bridgehead atoms. The average molecular weight is 426 g/mol. The number of likely N-dealkylation sites (N-methyl/N-ethyl adjacent to an activating group) is 1. The second kappa shape index (κ2) is 9.31. The minimum atomic E-state index is -0.799. The van der Waals surface area contributed by atoms with Crippen molar-refractivity contribution < 1.29 is 23.8 Å². The molecule has 0 aliphatic carbocycles. The lowest BCUT2D eigenvalue weighted by molar-refractivity contribution is -0.140. The highest BCUT2D eigenvalue weighted by molar-refractivity contribution is 6.46. The largest absolute Gasteiger partial charge is 0.507 e. The molecule has 1 aliphatic heterocycles. The van der Waals surface area contributed by atoms with Crippen LogP contribution in [0.5, 0.6) is 5.75 Å². The molecule has 1 fully saturated rings. The molecule has 2 aromatic rings. The number of hydrogen-bond acceptors (Lipinski definition) is 5. The molecule has 6 nitrogen and oxygen atoms in total. The lowest BCUT2D eigenvalue weighted by Gasteiger charge is -2.26. The number of ketones is 1. The molecule has 1 atom stereocenters. The first-order chi connectivity index (χ1) is 14.7. The van der Waals surface area contributed by atoms with Gasteiger partial charge in [0.2, 0.25) is 0 Å². The molecule has 1 amide bonds. The molecule has 0 radical (unpaired) electrons. The number of carbonyl (C=O) groups excluding carboxylic acids is 2. The van der Waals surface area contributed by atoms with E-state index in [2.05, 4.69) is 0 Å². The van der Waals surface area contributed by atoms with Crippen LogP contribution in [0, 0.1) is 5.82 Å². The fourth-order valence-corrected chi connectivity index (χ4v) is 3.53. The van der Waals surface area contributed by atoms with Crippen LogP contribution in [0.2, 0.25) is 0 Å². The highest BCUT2D eigenvalue weighted by Gasteiger charge is 2.45. The third kappa shape index (κ3) is 4.94. The summed E-state index contributed by atoms with van der Waals surface area (Å²) in [5, 5.41) is 11.0. The summed E-state index contributed by atoms with van der Waals surface area (Å²) in [4.78, 5) is 29.1. The van der Waals surface area contributed by atoms with E-state index in [0.717, 1.165) is 0 Å². The summed E-state index contributed by atoms with van der Waals surface area (Å²) in [6.07, 6.45) is -0.0000514. The monoisotopic (exact) mass is 426 g/mol. The van der Waals surface area contributed by atoms with Crippen LogP contribution < -0.4 is 4.74 Å². The quantitative estimate of drug-likeness (QED) is 0.416. The number of rotatable bonds is 7. The molecule has 1 saturated heterocycles. The molecule has 2 aromatic carbocycles. The van der Waals surface area contributed by atoms with Gasteiger partial charge >= 0.3 is 0 Å². The van der Waals surface area contributed by atoms with Gasteiger partial charge < -0.3 is 19.6 Å². The van der Waals surface area contributed by atoms with Gasteiger partial charge in [0.1, 0.15) is 17.3 Å². The van der Waals surface area contributed by atoms with Gasteiger partial charge in [-0.25, -0.2) is 4.39 Å². The number of ether oxygens (including phenoxy) is 1. The Balaban J connectivity index is 2.06. The number of likely N-dealkylation sites (tertiary alicyclic amines) is 1. The zero-order valence-corrected chi connectivity index (χ0v) is 18.1. The molecule has 7 heteroatoms. The third-order valence-corrected chi connectivity index (χ3v) is 5.01. The highest BCUT2D eigenvalue weighted by Crippen LogP contribution is 2.39. The molecule has 1 aliphatic rings. The topological polar surface area (TPSA) is 70.1 Å². The second-order valence-electron chi connectivity index (χ2n) is 8.04. The molecule has 1 heterocycles. The molecular formula is C24H27FN2O4. The molecule has 0 saturated carbocycles. The minimum absolute atomic E-state index is 0.0000514. The van der Waals surface area contributed by atoms with Crippen molar-refractivity contribution in [3.63, 3.8) is 0 Å². The van der Waals surface area contributed by atoms with Gasteiger partial charge in [-0.05, 0) is 69.9 Å². The second-order valence-corrected chi connectivity index (χ2v) is 8.04. The van der Waals surface area contributed by atoms with Crippen LogP contribution in [-0.4, -0.2) is 59.9 Å². The lowest BCUT2D eigenvalue weighted by atomic mass is 9.95. The predicted octanol–water partition coefficient (Wildman–Crippen LogP) is 3.60. The van der Waals surface area contributed by atoms with E-state index >= 15 is 0 Å². The molecule has 31 heavy (non-hydrogen) atoms. The number of nitrogens with zero attached hydrogens (tertiary/aromatic N) is 2. The summed E-state index contributed by atoms with van der Waals surface area (Å²) in [6.45, 7) is 4.64. The van der Waals surface area contributed by atoms with Gasteiger partial charge in [-0.1, -0.05) is 12.1 Å². The summed E-state index contributed by atoms with van der Waals surface area (Å²) in [5.41, 5.74) is 0.947. The van der Waals surface area contributed by atoms with Gasteiger partial charge in [0, 0.05) is 18.7 Å². The van der Waals surface area contributed by atoms with E-state index in [9.17, 15) is 19.1 Å². The van der Waals surface area contributed by atoms with Gasteiger partial charge in [0.15, 0.2) is 0 Å². The standard InChI is InChI=1S/C24H27FN2O4/c1-15(2)31-19-11-7-17(8-12-19)22(28)20-21(16-5-9-18(25)10-6-16)27(14-13-26(3)4)24(30)23(20)29/h5-12,15,21,28H,13-14H2,1-4H3/b22-20+/t21-/m1/s1. The Morgan fingerprint density at radius 2 is 1.71 bits per heavy atom. The molecule has 0 spiro atoms.